The smallest absolute Gasteiger partial charge is 0.311 e. The number of carboxylic acid groups (broad SMARTS) is 1. The number of likely N-dealkylation sites (N-methyl/N-ethyl adjacent to an activating group) is 1. The first-order valence-corrected chi connectivity index (χ1v) is 12.8. The largest absolute Gasteiger partial charge is 0.481 e. The zero-order chi connectivity index (χ0) is 27.8. The number of likely N-dealkylation sites (tertiary alicyclic amines) is 1. The Kier molecular flexibility index (Phi) is 8.77. The van der Waals surface area contributed by atoms with E-state index in [1.54, 1.807) is 11.0 Å². The van der Waals surface area contributed by atoms with Gasteiger partial charge in [-0.15, -0.1) is 0 Å². The van der Waals surface area contributed by atoms with Crippen molar-refractivity contribution in [1.29, 1.82) is 0 Å². The monoisotopic (exact) mass is 530 g/mol. The van der Waals surface area contributed by atoms with Crippen molar-refractivity contribution >= 4 is 23.5 Å². The molecule has 0 aliphatic carbocycles. The zero-order valence-electron chi connectivity index (χ0n) is 22.2. The van der Waals surface area contributed by atoms with Crippen molar-refractivity contribution in [3.63, 3.8) is 0 Å². The maximum Gasteiger partial charge on any atom is 0.311 e. The van der Waals surface area contributed by atoms with Gasteiger partial charge in [-0.1, -0.05) is 36.4 Å². The van der Waals surface area contributed by atoms with E-state index in [1.807, 2.05) is 79.7 Å². The van der Waals surface area contributed by atoms with E-state index >= 15 is 0 Å². The average molecular weight is 531 g/mol. The van der Waals surface area contributed by atoms with Crippen LogP contribution >= 0.6 is 0 Å². The third kappa shape index (κ3) is 6.91. The lowest BCUT2D eigenvalue weighted by Gasteiger charge is -2.38. The molecule has 39 heavy (non-hydrogen) atoms. The lowest BCUT2D eigenvalue weighted by Crippen LogP contribution is -2.49. The molecule has 1 fully saturated rings. The van der Waals surface area contributed by atoms with Crippen LogP contribution in [0.2, 0.25) is 0 Å². The molecule has 1 aliphatic rings. The van der Waals surface area contributed by atoms with Crippen LogP contribution in [0.5, 0.6) is 11.5 Å². The molecular formula is C29H34N6O4. The van der Waals surface area contributed by atoms with Crippen LogP contribution in [-0.4, -0.2) is 77.0 Å². The van der Waals surface area contributed by atoms with E-state index in [0.717, 1.165) is 11.3 Å². The Morgan fingerprint density at radius 3 is 2.38 bits per heavy atom. The summed E-state index contributed by atoms with van der Waals surface area (Å²) in [5.74, 6) is 1.11. The molecule has 4 N–H and O–H groups in total. The van der Waals surface area contributed by atoms with Crippen LogP contribution in [0.25, 0.3) is 11.1 Å². The number of aliphatic carboxylic acids is 1. The highest BCUT2D eigenvalue weighted by Gasteiger charge is 2.42. The Bertz CT molecular complexity index is 1300. The van der Waals surface area contributed by atoms with Crippen LogP contribution in [0, 0.1) is 5.41 Å². The molecule has 1 aliphatic heterocycles. The van der Waals surface area contributed by atoms with E-state index in [9.17, 15) is 14.7 Å². The number of carbonyl (C=O) groups is 2. The highest BCUT2D eigenvalue weighted by Crippen LogP contribution is 2.36. The van der Waals surface area contributed by atoms with Gasteiger partial charge in [-0.3, -0.25) is 9.59 Å². The summed E-state index contributed by atoms with van der Waals surface area (Å²) in [4.78, 5) is 37.1. The number of rotatable bonds is 10. The molecule has 3 aromatic rings. The molecule has 10 heteroatoms. The van der Waals surface area contributed by atoms with Gasteiger partial charge in [-0.05, 0) is 56.8 Å². The molecule has 204 valence electrons. The van der Waals surface area contributed by atoms with Crippen molar-refractivity contribution < 1.29 is 19.4 Å². The van der Waals surface area contributed by atoms with Gasteiger partial charge in [-0.2, -0.15) is 0 Å². The first kappa shape index (κ1) is 27.6. The maximum atomic E-state index is 12.5. The number of nitrogens with zero attached hydrogens (tertiary/aromatic N) is 4. The summed E-state index contributed by atoms with van der Waals surface area (Å²) in [6, 6.07) is 16.9. The number of ether oxygens (including phenoxy) is 1. The lowest BCUT2D eigenvalue weighted by molar-refractivity contribution is -0.152. The van der Waals surface area contributed by atoms with Crippen LogP contribution in [0.1, 0.15) is 12.8 Å². The molecule has 2 aromatic carbocycles. The van der Waals surface area contributed by atoms with E-state index in [1.165, 1.54) is 6.33 Å². The number of nitrogen functional groups attached to an aromatic ring is 1. The third-order valence-corrected chi connectivity index (χ3v) is 6.81. The number of aromatic nitrogens is 2. The number of para-hydroxylation sites is 1. The van der Waals surface area contributed by atoms with E-state index in [0.29, 0.717) is 49.6 Å². The molecule has 0 unspecified atom stereocenters. The number of amides is 1. The molecule has 1 amide bonds. The number of hydrogen-bond acceptors (Lipinski definition) is 8. The third-order valence-electron chi connectivity index (χ3n) is 6.81. The fraction of sp³-hybridized carbons (Fsp3) is 0.310. The average Bonchev–Trinajstić information content (AvgIpc) is 2.93. The minimum Gasteiger partial charge on any atom is -0.481 e. The van der Waals surface area contributed by atoms with Crippen molar-refractivity contribution in [3.8, 4) is 22.6 Å². The predicted molar refractivity (Wildman–Crippen MR) is 150 cm³/mol. The molecule has 0 saturated carbocycles. The van der Waals surface area contributed by atoms with Crippen molar-refractivity contribution in [1.82, 2.24) is 19.8 Å². The summed E-state index contributed by atoms with van der Waals surface area (Å²) in [7, 11) is 3.85. The Hall–Kier alpha value is -4.44. The standard InChI is InChI=1S/C29H34N6O4/c1-34(2)16-6-9-24(36)35-17-14-29(15-18-35,28(37)38)19-31-27-25(26(30)32-20-33-27)21-10-12-23(13-11-21)39-22-7-4-3-5-8-22/h3-13,20H,14-19H2,1-2H3,(H,37,38)(H3,30,31,32,33)/b9-6+. The molecule has 0 spiro atoms. The van der Waals surface area contributed by atoms with Crippen LogP contribution in [-0.2, 0) is 9.59 Å². The normalized spacial score (nSPS) is 14.9. The molecule has 0 radical (unpaired) electrons. The van der Waals surface area contributed by atoms with Gasteiger partial charge in [-0.25, -0.2) is 9.97 Å². The molecule has 10 nitrogen and oxygen atoms in total. The Labute approximate surface area is 228 Å². The Morgan fingerprint density at radius 1 is 1.08 bits per heavy atom. The van der Waals surface area contributed by atoms with Gasteiger partial charge in [0.05, 0.1) is 11.0 Å². The summed E-state index contributed by atoms with van der Waals surface area (Å²) in [5.41, 5.74) is 6.54. The van der Waals surface area contributed by atoms with Crippen molar-refractivity contribution in [2.24, 2.45) is 5.41 Å². The van der Waals surface area contributed by atoms with E-state index in [4.69, 9.17) is 10.5 Å². The first-order valence-electron chi connectivity index (χ1n) is 12.8. The van der Waals surface area contributed by atoms with Crippen molar-refractivity contribution in [2.45, 2.75) is 12.8 Å². The van der Waals surface area contributed by atoms with Gasteiger partial charge < -0.3 is 30.7 Å². The van der Waals surface area contributed by atoms with Crippen LogP contribution < -0.4 is 15.8 Å². The summed E-state index contributed by atoms with van der Waals surface area (Å²) < 4.78 is 5.88. The minimum atomic E-state index is -1.05. The van der Waals surface area contributed by atoms with Gasteiger partial charge in [0.15, 0.2) is 0 Å². The minimum absolute atomic E-state index is 0.102. The number of piperidine rings is 1. The number of benzene rings is 2. The van der Waals surface area contributed by atoms with Gasteiger partial charge in [0.1, 0.15) is 29.5 Å². The Balaban J connectivity index is 1.45. The topological polar surface area (TPSA) is 134 Å². The van der Waals surface area contributed by atoms with Crippen molar-refractivity contribution in [2.75, 3.05) is 51.3 Å². The summed E-state index contributed by atoms with van der Waals surface area (Å²) in [6.45, 7) is 1.52. The second-order valence-electron chi connectivity index (χ2n) is 9.85. The number of anilines is 2. The Morgan fingerprint density at radius 2 is 1.74 bits per heavy atom. The molecule has 1 aromatic heterocycles. The van der Waals surface area contributed by atoms with E-state index in [2.05, 4.69) is 15.3 Å². The van der Waals surface area contributed by atoms with Gasteiger partial charge >= 0.3 is 5.97 Å². The number of nitrogens with one attached hydrogen (secondary N) is 1. The number of hydrogen-bond donors (Lipinski definition) is 3. The maximum absolute atomic E-state index is 12.5. The molecule has 0 atom stereocenters. The molecular weight excluding hydrogens is 496 g/mol. The SMILES string of the molecule is CN(C)C/C=C/C(=O)N1CCC(CNc2ncnc(N)c2-c2ccc(Oc3ccccc3)cc2)(C(=O)O)CC1. The number of carboxylic acids is 1. The van der Waals surface area contributed by atoms with Gasteiger partial charge in [0.25, 0.3) is 0 Å². The molecule has 2 heterocycles. The van der Waals surface area contributed by atoms with Crippen LogP contribution in [0.3, 0.4) is 0 Å². The molecule has 1 saturated heterocycles. The fourth-order valence-electron chi connectivity index (χ4n) is 4.48. The van der Waals surface area contributed by atoms with Gasteiger partial charge in [0, 0.05) is 32.3 Å². The summed E-state index contributed by atoms with van der Waals surface area (Å²) >= 11 is 0. The predicted octanol–water partition coefficient (Wildman–Crippen LogP) is 3.74. The highest BCUT2D eigenvalue weighted by molar-refractivity contribution is 5.88. The molecule has 4 rings (SSSR count). The summed E-state index contributed by atoms with van der Waals surface area (Å²) in [6.07, 6.45) is 5.36. The highest BCUT2D eigenvalue weighted by atomic mass is 16.5. The lowest BCUT2D eigenvalue weighted by atomic mass is 9.78. The van der Waals surface area contributed by atoms with E-state index in [-0.39, 0.29) is 18.3 Å². The number of nitrogens with two attached hydrogens (primary N) is 1. The van der Waals surface area contributed by atoms with Gasteiger partial charge in [0.2, 0.25) is 5.91 Å². The second-order valence-corrected chi connectivity index (χ2v) is 9.85. The second kappa shape index (κ2) is 12.4. The first-order chi connectivity index (χ1) is 18.8. The zero-order valence-corrected chi connectivity index (χ0v) is 22.2. The molecule has 0 bridgehead atoms. The van der Waals surface area contributed by atoms with E-state index < -0.39 is 11.4 Å². The van der Waals surface area contributed by atoms with Crippen LogP contribution in [0.15, 0.2) is 73.1 Å². The van der Waals surface area contributed by atoms with Crippen LogP contribution in [0.4, 0.5) is 11.6 Å². The van der Waals surface area contributed by atoms with Crippen molar-refractivity contribution in [3.05, 3.63) is 73.1 Å². The quantitative estimate of drug-likeness (QED) is 0.335. The fourth-order valence-corrected chi connectivity index (χ4v) is 4.48. The number of carbonyl (C=O) groups excluding carboxylic acids is 1. The summed E-state index contributed by atoms with van der Waals surface area (Å²) in [5, 5.41) is 13.4.